The molecule has 4 aliphatic carbocycles. The van der Waals surface area contributed by atoms with Crippen LogP contribution in [0.3, 0.4) is 0 Å². The fourth-order valence-electron chi connectivity index (χ4n) is 9.01. The van der Waals surface area contributed by atoms with E-state index in [4.69, 9.17) is 0 Å². The van der Waals surface area contributed by atoms with E-state index >= 15 is 0 Å². The normalized spacial score (nSPS) is 18.7. The summed E-state index contributed by atoms with van der Waals surface area (Å²) in [5, 5.41) is 5.55. The molecule has 4 atom stereocenters. The van der Waals surface area contributed by atoms with Gasteiger partial charge in [0.2, 0.25) is 0 Å². The zero-order valence-electron chi connectivity index (χ0n) is 27.4. The zero-order chi connectivity index (χ0) is 31.2. The first-order chi connectivity index (χ1) is 23.1. The van der Waals surface area contributed by atoms with Crippen molar-refractivity contribution in [2.75, 3.05) is 0 Å². The van der Waals surface area contributed by atoms with Gasteiger partial charge in [-0.05, 0) is 0 Å². The summed E-state index contributed by atoms with van der Waals surface area (Å²) in [6.45, 7) is 4.95. The number of hydrogen-bond donors (Lipinski definition) is 0. The molecule has 0 N–H and O–H groups in total. The van der Waals surface area contributed by atoms with Gasteiger partial charge in [0, 0.05) is 0 Å². The molecule has 4 aliphatic rings. The predicted molar refractivity (Wildman–Crippen MR) is 196 cm³/mol. The third kappa shape index (κ3) is 4.96. The van der Waals surface area contributed by atoms with Gasteiger partial charge in [0.1, 0.15) is 0 Å². The molecule has 3 heteroatoms. The summed E-state index contributed by atoms with van der Waals surface area (Å²) in [6.07, 6.45) is 10.1. The molecule has 0 spiro atoms. The van der Waals surface area contributed by atoms with Gasteiger partial charge in [-0.15, -0.1) is 0 Å². The number of allylic oxidation sites excluding steroid dienone is 4. The van der Waals surface area contributed by atoms with E-state index in [0.717, 1.165) is 0 Å². The smallest absolute Gasteiger partial charge is 1.00 e. The standard InChI is InChI=1S/2C23H17.2ClH.Zr/c2*1-15(20-12-17-6-2-3-7-18(17)13-20)22-14-19-10-4-8-16-9-5-11-21(22)23(16)19;;;/h2*2-15H,1H3;2*1H;/q;;;;+2/p-2. The minimum atomic E-state index is -1.11. The van der Waals surface area contributed by atoms with Gasteiger partial charge >= 0.3 is 290 Å². The van der Waals surface area contributed by atoms with Gasteiger partial charge < -0.3 is 24.8 Å². The summed E-state index contributed by atoms with van der Waals surface area (Å²) in [4.78, 5) is 0. The zero-order valence-corrected chi connectivity index (χ0v) is 31.4. The third-order valence-electron chi connectivity index (χ3n) is 11.3. The van der Waals surface area contributed by atoms with E-state index in [1.54, 1.807) is 22.3 Å². The Morgan fingerprint density at radius 2 is 0.816 bits per heavy atom. The van der Waals surface area contributed by atoms with Crippen LogP contribution in [0.25, 0.3) is 57.0 Å². The molecule has 10 rings (SSSR count). The Kier molecular flexibility index (Phi) is 8.31. The minimum Gasteiger partial charge on any atom is -1.00 e. The molecule has 0 nitrogen and oxygen atoms in total. The van der Waals surface area contributed by atoms with Crippen molar-refractivity contribution in [1.82, 2.24) is 0 Å². The first-order valence-electron chi connectivity index (χ1n) is 17.0. The van der Waals surface area contributed by atoms with Gasteiger partial charge in [-0.3, -0.25) is 0 Å². The quantitative estimate of drug-likeness (QED) is 0.195. The van der Waals surface area contributed by atoms with Crippen molar-refractivity contribution in [3.8, 4) is 0 Å². The number of benzene rings is 6. The Hall–Kier alpha value is -3.74. The van der Waals surface area contributed by atoms with Gasteiger partial charge in [-0.2, -0.15) is 0 Å². The van der Waals surface area contributed by atoms with Crippen LogP contribution in [0.1, 0.15) is 65.6 Å². The summed E-state index contributed by atoms with van der Waals surface area (Å²) >= 11 is -1.11. The van der Waals surface area contributed by atoms with E-state index in [0.29, 0.717) is 19.1 Å². The number of fused-ring (bicyclic) bond motifs is 2. The van der Waals surface area contributed by atoms with Crippen molar-refractivity contribution in [1.29, 1.82) is 0 Å². The molecule has 0 aliphatic heterocycles. The van der Waals surface area contributed by atoms with Crippen LogP contribution in [-0.2, 0) is 23.2 Å². The molecule has 0 bridgehead atoms. The second-order valence-corrected chi connectivity index (χ2v) is 17.4. The fourth-order valence-corrected chi connectivity index (χ4v) is 14.6. The maximum Gasteiger partial charge on any atom is -1.00 e. The Morgan fingerprint density at radius 1 is 0.429 bits per heavy atom. The summed E-state index contributed by atoms with van der Waals surface area (Å²) < 4.78 is 1.05. The second kappa shape index (κ2) is 12.5. The van der Waals surface area contributed by atoms with Crippen LogP contribution in [0.2, 0.25) is 0 Å². The van der Waals surface area contributed by atoms with Crippen LogP contribution in [0.4, 0.5) is 0 Å². The average molecular weight is 749 g/mol. The van der Waals surface area contributed by atoms with Crippen molar-refractivity contribution in [2.45, 2.75) is 21.1 Å². The molecule has 0 amide bonds. The molecule has 6 aromatic rings. The molecule has 4 unspecified atom stereocenters. The van der Waals surface area contributed by atoms with E-state index in [1.165, 1.54) is 66.1 Å². The Balaban J connectivity index is 0.00000174. The van der Waals surface area contributed by atoms with Crippen molar-refractivity contribution < 1.29 is 48.0 Å². The van der Waals surface area contributed by atoms with Crippen molar-refractivity contribution in [3.63, 3.8) is 0 Å². The number of hydrogen-bond acceptors (Lipinski definition) is 0. The number of rotatable bonds is 6. The first-order valence-corrected chi connectivity index (χ1v) is 19.8. The molecule has 236 valence electrons. The van der Waals surface area contributed by atoms with E-state index in [9.17, 15) is 0 Å². The van der Waals surface area contributed by atoms with Gasteiger partial charge in [-0.1, -0.05) is 0 Å². The van der Waals surface area contributed by atoms with Gasteiger partial charge in [0.25, 0.3) is 0 Å². The van der Waals surface area contributed by atoms with Crippen LogP contribution >= 0.6 is 0 Å². The van der Waals surface area contributed by atoms with Crippen molar-refractivity contribution in [2.24, 2.45) is 11.8 Å². The molecule has 0 saturated carbocycles. The van der Waals surface area contributed by atoms with Crippen LogP contribution in [0.5, 0.6) is 0 Å². The summed E-state index contributed by atoms with van der Waals surface area (Å²) in [7, 11) is 0. The summed E-state index contributed by atoms with van der Waals surface area (Å²) in [6, 6.07) is 45.8. The van der Waals surface area contributed by atoms with E-state index in [-0.39, 0.29) is 24.8 Å². The first kappa shape index (κ1) is 32.5. The molecule has 0 heterocycles. The molecule has 0 fully saturated rings. The van der Waals surface area contributed by atoms with E-state index in [2.05, 4.69) is 159 Å². The van der Waals surface area contributed by atoms with Crippen LogP contribution in [0.15, 0.2) is 132 Å². The van der Waals surface area contributed by atoms with Crippen LogP contribution in [-0.4, -0.2) is 0 Å². The Morgan fingerprint density at radius 3 is 1.27 bits per heavy atom. The van der Waals surface area contributed by atoms with Crippen molar-refractivity contribution >= 4 is 57.0 Å². The molecular formula is C46H34Cl2Zr. The minimum absolute atomic E-state index is 0. The van der Waals surface area contributed by atoms with Gasteiger partial charge in [-0.25, -0.2) is 0 Å². The maximum atomic E-state index is 2.57. The molecular weight excluding hydrogens is 715 g/mol. The molecule has 49 heavy (non-hydrogen) atoms. The SMILES string of the molecule is CC(C1=Cc2cccc3cccc1c23)C1=Cc2ccccc2[CH]1[Zr+2][CH]1C(C(C)C2=Cc3cccc4cccc2c34)=Cc2ccccc21.[Cl-].[Cl-]. The molecule has 0 saturated heterocycles. The second-order valence-electron chi connectivity index (χ2n) is 13.7. The maximum absolute atomic E-state index is 2.57. The van der Waals surface area contributed by atoms with E-state index < -0.39 is 23.2 Å². The molecule has 0 aromatic heterocycles. The van der Waals surface area contributed by atoms with Crippen molar-refractivity contribution in [3.05, 3.63) is 177 Å². The topological polar surface area (TPSA) is 0 Å². The number of halogens is 2. The van der Waals surface area contributed by atoms with Crippen LogP contribution < -0.4 is 24.8 Å². The Bertz CT molecular complexity index is 2260. The molecule has 6 aromatic carbocycles. The third-order valence-corrected chi connectivity index (χ3v) is 16.1. The van der Waals surface area contributed by atoms with Gasteiger partial charge in [0.15, 0.2) is 0 Å². The van der Waals surface area contributed by atoms with Crippen LogP contribution in [0, 0.1) is 11.8 Å². The summed E-state index contributed by atoms with van der Waals surface area (Å²) in [5.41, 5.74) is 17.8. The predicted octanol–water partition coefficient (Wildman–Crippen LogP) is 6.04. The fraction of sp³-hybridized carbons (Fsp3) is 0.130. The van der Waals surface area contributed by atoms with Gasteiger partial charge in [0.05, 0.1) is 0 Å². The summed E-state index contributed by atoms with van der Waals surface area (Å²) in [5.74, 6) is 0.717. The molecule has 0 radical (unpaired) electrons. The average Bonchev–Trinajstić information content (AvgIpc) is 3.88. The largest absolute Gasteiger partial charge is 1.00 e. The monoisotopic (exact) mass is 746 g/mol. The Labute approximate surface area is 312 Å². The van der Waals surface area contributed by atoms with E-state index in [1.807, 2.05) is 0 Å².